The highest BCUT2D eigenvalue weighted by Crippen LogP contribution is 2.19. The lowest BCUT2D eigenvalue weighted by Gasteiger charge is -2.12. The molecule has 6 nitrogen and oxygen atoms in total. The molecule has 31 heavy (non-hydrogen) atoms. The first-order chi connectivity index (χ1) is 15.0. The van der Waals surface area contributed by atoms with Crippen molar-refractivity contribution in [1.82, 2.24) is 5.32 Å². The molecule has 0 radical (unpaired) electrons. The summed E-state index contributed by atoms with van der Waals surface area (Å²) >= 11 is 0. The van der Waals surface area contributed by atoms with Gasteiger partial charge in [-0.1, -0.05) is 60.7 Å². The van der Waals surface area contributed by atoms with Crippen molar-refractivity contribution in [3.05, 3.63) is 101 Å². The largest absolute Gasteiger partial charge is 0.454 e. The second kappa shape index (κ2) is 10.7. The highest BCUT2D eigenvalue weighted by molar-refractivity contribution is 5.97. The van der Waals surface area contributed by atoms with Gasteiger partial charge in [0.25, 0.3) is 11.8 Å². The number of para-hydroxylation sites is 1. The molecule has 2 N–H and O–H groups in total. The van der Waals surface area contributed by atoms with Crippen molar-refractivity contribution in [2.45, 2.75) is 6.42 Å². The number of nitrogens with one attached hydrogen (secondary N) is 2. The van der Waals surface area contributed by atoms with Gasteiger partial charge in [-0.3, -0.25) is 14.4 Å². The summed E-state index contributed by atoms with van der Waals surface area (Å²) in [5.74, 6) is -2.75. The van der Waals surface area contributed by atoms with Crippen LogP contribution in [0.25, 0.3) is 0 Å². The molecule has 3 aromatic rings. The fourth-order valence-electron chi connectivity index (χ4n) is 2.89. The molecule has 3 aromatic carbocycles. The predicted molar refractivity (Wildman–Crippen MR) is 114 cm³/mol. The highest BCUT2D eigenvalue weighted by atomic mass is 19.1. The van der Waals surface area contributed by atoms with Gasteiger partial charge in [0, 0.05) is 5.69 Å². The molecule has 0 fully saturated rings. The van der Waals surface area contributed by atoms with E-state index in [0.717, 1.165) is 17.2 Å². The van der Waals surface area contributed by atoms with E-state index in [0.29, 0.717) is 12.1 Å². The monoisotopic (exact) mass is 420 g/mol. The summed E-state index contributed by atoms with van der Waals surface area (Å²) in [6.07, 6.45) is 0.638. The van der Waals surface area contributed by atoms with Crippen molar-refractivity contribution in [3.63, 3.8) is 0 Å². The van der Waals surface area contributed by atoms with Crippen molar-refractivity contribution in [3.8, 4) is 0 Å². The molecule has 0 spiro atoms. The molecule has 158 valence electrons. The zero-order valence-corrected chi connectivity index (χ0v) is 16.6. The topological polar surface area (TPSA) is 84.5 Å². The van der Waals surface area contributed by atoms with Crippen LogP contribution in [0.15, 0.2) is 78.9 Å². The van der Waals surface area contributed by atoms with Crippen LogP contribution >= 0.6 is 0 Å². The van der Waals surface area contributed by atoms with Gasteiger partial charge in [-0.15, -0.1) is 0 Å². The Labute approximate surface area is 179 Å². The molecule has 0 bridgehead atoms. The van der Waals surface area contributed by atoms with Gasteiger partial charge >= 0.3 is 5.97 Å². The molecule has 0 saturated carbocycles. The van der Waals surface area contributed by atoms with Crippen LogP contribution in [-0.2, 0) is 20.7 Å². The van der Waals surface area contributed by atoms with Gasteiger partial charge in [0.05, 0.1) is 5.56 Å². The van der Waals surface area contributed by atoms with Crippen LogP contribution in [-0.4, -0.2) is 30.9 Å². The zero-order chi connectivity index (χ0) is 22.1. The zero-order valence-electron chi connectivity index (χ0n) is 16.6. The van der Waals surface area contributed by atoms with Gasteiger partial charge in [-0.25, -0.2) is 4.39 Å². The SMILES string of the molecule is O=C(COC(=O)CNC(=O)c1ccccc1F)Nc1ccccc1Cc1ccccc1. The van der Waals surface area contributed by atoms with Crippen LogP contribution in [0, 0.1) is 5.82 Å². The van der Waals surface area contributed by atoms with Crippen LogP contribution in [0.2, 0.25) is 0 Å². The number of benzene rings is 3. The van der Waals surface area contributed by atoms with E-state index in [1.54, 1.807) is 12.1 Å². The summed E-state index contributed by atoms with van der Waals surface area (Å²) in [5, 5.41) is 5.00. The van der Waals surface area contributed by atoms with Crippen molar-refractivity contribution in [2.75, 3.05) is 18.5 Å². The van der Waals surface area contributed by atoms with Crippen LogP contribution in [0.3, 0.4) is 0 Å². The van der Waals surface area contributed by atoms with Gasteiger partial charge < -0.3 is 15.4 Å². The molecule has 3 rings (SSSR count). The molecular weight excluding hydrogens is 399 g/mol. The van der Waals surface area contributed by atoms with Gasteiger partial charge in [0.15, 0.2) is 6.61 Å². The molecule has 0 aliphatic rings. The number of anilines is 1. The third-order valence-electron chi connectivity index (χ3n) is 4.40. The lowest BCUT2D eigenvalue weighted by molar-refractivity contribution is -0.146. The molecule has 0 aliphatic carbocycles. The van der Waals surface area contributed by atoms with Gasteiger partial charge in [0.1, 0.15) is 12.4 Å². The number of ether oxygens (including phenoxy) is 1. The Balaban J connectivity index is 1.47. The van der Waals surface area contributed by atoms with Crippen molar-refractivity contribution in [2.24, 2.45) is 0 Å². The number of esters is 1. The molecule has 2 amide bonds. The van der Waals surface area contributed by atoms with Crippen LogP contribution in [0.1, 0.15) is 21.5 Å². The van der Waals surface area contributed by atoms with Crippen LogP contribution in [0.4, 0.5) is 10.1 Å². The van der Waals surface area contributed by atoms with Gasteiger partial charge in [0.2, 0.25) is 0 Å². The molecule has 0 heterocycles. The molecule has 7 heteroatoms. The number of carbonyl (C=O) groups is 3. The Morgan fingerprint density at radius 2 is 1.52 bits per heavy atom. The lowest BCUT2D eigenvalue weighted by atomic mass is 10.0. The van der Waals surface area contributed by atoms with E-state index in [9.17, 15) is 18.8 Å². The maximum absolute atomic E-state index is 13.6. The van der Waals surface area contributed by atoms with E-state index in [2.05, 4.69) is 10.6 Å². The third kappa shape index (κ3) is 6.50. The minimum Gasteiger partial charge on any atom is -0.454 e. The quantitative estimate of drug-likeness (QED) is 0.548. The summed E-state index contributed by atoms with van der Waals surface area (Å²) < 4.78 is 18.5. The summed E-state index contributed by atoms with van der Waals surface area (Å²) in [6.45, 7) is -0.987. The second-order valence-electron chi connectivity index (χ2n) is 6.69. The average Bonchev–Trinajstić information content (AvgIpc) is 2.78. The van der Waals surface area contributed by atoms with Crippen molar-refractivity contribution >= 4 is 23.5 Å². The minimum absolute atomic E-state index is 0.178. The van der Waals surface area contributed by atoms with Crippen molar-refractivity contribution in [1.29, 1.82) is 0 Å². The van der Waals surface area contributed by atoms with Crippen LogP contribution in [0.5, 0.6) is 0 Å². The lowest BCUT2D eigenvalue weighted by Crippen LogP contribution is -2.32. The molecule has 0 aliphatic heterocycles. The van der Waals surface area contributed by atoms with E-state index in [1.807, 2.05) is 42.5 Å². The maximum Gasteiger partial charge on any atom is 0.325 e. The predicted octanol–water partition coefficient (Wildman–Crippen LogP) is 3.33. The molecule has 0 unspecified atom stereocenters. The number of carbonyl (C=O) groups excluding carboxylic acids is 3. The Hall–Kier alpha value is -4.00. The van der Waals surface area contributed by atoms with E-state index < -0.39 is 36.8 Å². The first kappa shape index (κ1) is 21.7. The normalized spacial score (nSPS) is 10.2. The van der Waals surface area contributed by atoms with Gasteiger partial charge in [-0.05, 0) is 35.7 Å². The van der Waals surface area contributed by atoms with Gasteiger partial charge in [-0.2, -0.15) is 0 Å². The standard InChI is InChI=1S/C24H21FN2O4/c25-20-12-6-5-11-19(20)24(30)26-15-23(29)31-16-22(28)27-21-13-7-4-10-18(21)14-17-8-2-1-3-9-17/h1-13H,14-16H2,(H,26,30)(H,27,28). The van der Waals surface area contributed by atoms with Crippen molar-refractivity contribution < 1.29 is 23.5 Å². The summed E-state index contributed by atoms with van der Waals surface area (Å²) in [6, 6.07) is 22.6. The summed E-state index contributed by atoms with van der Waals surface area (Å²) in [5.41, 5.74) is 2.47. The smallest absolute Gasteiger partial charge is 0.325 e. The minimum atomic E-state index is -0.808. The van der Waals surface area contributed by atoms with E-state index in [4.69, 9.17) is 4.74 Å². The number of hydrogen-bond acceptors (Lipinski definition) is 4. The number of halogens is 1. The third-order valence-corrected chi connectivity index (χ3v) is 4.40. The second-order valence-corrected chi connectivity index (χ2v) is 6.69. The molecule has 0 aromatic heterocycles. The molecule has 0 atom stereocenters. The summed E-state index contributed by atoms with van der Waals surface area (Å²) in [4.78, 5) is 35.9. The fraction of sp³-hybridized carbons (Fsp3) is 0.125. The maximum atomic E-state index is 13.6. The van der Waals surface area contributed by atoms with E-state index >= 15 is 0 Å². The Bertz CT molecular complexity index is 1070. The number of rotatable bonds is 8. The Morgan fingerprint density at radius 3 is 2.29 bits per heavy atom. The average molecular weight is 420 g/mol. The first-order valence-electron chi connectivity index (χ1n) is 9.63. The Kier molecular flexibility index (Phi) is 7.48. The highest BCUT2D eigenvalue weighted by Gasteiger charge is 2.14. The van der Waals surface area contributed by atoms with E-state index in [-0.39, 0.29) is 5.56 Å². The number of hydrogen-bond donors (Lipinski definition) is 2. The first-order valence-corrected chi connectivity index (χ1v) is 9.63. The fourth-order valence-corrected chi connectivity index (χ4v) is 2.89. The Morgan fingerprint density at radius 1 is 0.839 bits per heavy atom. The van der Waals surface area contributed by atoms with E-state index in [1.165, 1.54) is 18.2 Å². The summed E-state index contributed by atoms with van der Waals surface area (Å²) in [7, 11) is 0. The number of amides is 2. The molecule has 0 saturated heterocycles. The van der Waals surface area contributed by atoms with Crippen LogP contribution < -0.4 is 10.6 Å². The molecular formula is C24H21FN2O4.